The van der Waals surface area contributed by atoms with Crippen molar-refractivity contribution in [1.29, 1.82) is 0 Å². The standard InChI is InChI=1S/C12H12N6O/c1-19-9-2-3-10-8(6-9)4-5-13-12(10)14-7-11-15-17-18-16-11/h2-6H,7H2,1H3,(H,13,14)(H,15,16,17,18). The summed E-state index contributed by atoms with van der Waals surface area (Å²) in [6.07, 6.45) is 1.75. The molecule has 0 spiro atoms. The highest BCUT2D eigenvalue weighted by Crippen LogP contribution is 2.25. The van der Waals surface area contributed by atoms with Gasteiger partial charge in [-0.1, -0.05) is 5.21 Å². The van der Waals surface area contributed by atoms with E-state index in [0.29, 0.717) is 12.4 Å². The number of aromatic nitrogens is 5. The molecule has 96 valence electrons. The number of fused-ring (bicyclic) bond motifs is 1. The number of anilines is 1. The van der Waals surface area contributed by atoms with Crippen molar-refractivity contribution in [3.8, 4) is 5.75 Å². The van der Waals surface area contributed by atoms with Crippen molar-refractivity contribution in [2.24, 2.45) is 0 Å². The minimum Gasteiger partial charge on any atom is -0.497 e. The molecule has 7 heteroatoms. The van der Waals surface area contributed by atoms with E-state index in [1.807, 2.05) is 24.3 Å². The summed E-state index contributed by atoms with van der Waals surface area (Å²) < 4.78 is 5.21. The fraction of sp³-hybridized carbons (Fsp3) is 0.167. The van der Waals surface area contributed by atoms with Gasteiger partial charge in [0, 0.05) is 11.6 Å². The summed E-state index contributed by atoms with van der Waals surface area (Å²) in [5, 5.41) is 19.0. The molecule has 0 amide bonds. The third-order valence-electron chi connectivity index (χ3n) is 2.77. The highest BCUT2D eigenvalue weighted by molar-refractivity contribution is 5.92. The summed E-state index contributed by atoms with van der Waals surface area (Å²) in [6, 6.07) is 7.79. The Kier molecular flexibility index (Phi) is 2.93. The van der Waals surface area contributed by atoms with Crippen LogP contribution in [0.15, 0.2) is 30.5 Å². The number of nitrogens with zero attached hydrogens (tertiary/aromatic N) is 4. The molecule has 0 bridgehead atoms. The van der Waals surface area contributed by atoms with Gasteiger partial charge >= 0.3 is 0 Å². The fourth-order valence-electron chi connectivity index (χ4n) is 1.84. The van der Waals surface area contributed by atoms with Gasteiger partial charge in [0.1, 0.15) is 11.6 Å². The molecule has 0 fully saturated rings. The largest absolute Gasteiger partial charge is 0.497 e. The molecular formula is C12H12N6O. The van der Waals surface area contributed by atoms with Crippen LogP contribution in [0.25, 0.3) is 10.8 Å². The van der Waals surface area contributed by atoms with E-state index in [0.717, 1.165) is 22.3 Å². The van der Waals surface area contributed by atoms with Gasteiger partial charge in [0.2, 0.25) is 0 Å². The Hall–Kier alpha value is -2.70. The molecule has 1 aromatic carbocycles. The first-order valence-corrected chi connectivity index (χ1v) is 5.76. The van der Waals surface area contributed by atoms with E-state index in [9.17, 15) is 0 Å². The van der Waals surface area contributed by atoms with Crippen LogP contribution in [0.5, 0.6) is 5.75 Å². The van der Waals surface area contributed by atoms with Crippen LogP contribution in [0.3, 0.4) is 0 Å². The van der Waals surface area contributed by atoms with E-state index in [1.165, 1.54) is 0 Å². The maximum Gasteiger partial charge on any atom is 0.193 e. The lowest BCUT2D eigenvalue weighted by molar-refractivity contribution is 0.415. The van der Waals surface area contributed by atoms with Gasteiger partial charge in [-0.25, -0.2) is 4.98 Å². The second kappa shape index (κ2) is 4.89. The number of ether oxygens (including phenoxy) is 1. The number of nitrogens with one attached hydrogen (secondary N) is 2. The molecule has 3 aromatic rings. The lowest BCUT2D eigenvalue weighted by atomic mass is 10.1. The number of hydrogen-bond acceptors (Lipinski definition) is 6. The van der Waals surface area contributed by atoms with E-state index in [-0.39, 0.29) is 0 Å². The zero-order chi connectivity index (χ0) is 13.1. The van der Waals surface area contributed by atoms with Crippen LogP contribution >= 0.6 is 0 Å². The number of pyridine rings is 1. The van der Waals surface area contributed by atoms with Gasteiger partial charge in [-0.2, -0.15) is 5.21 Å². The molecule has 0 aliphatic heterocycles. The van der Waals surface area contributed by atoms with Gasteiger partial charge < -0.3 is 10.1 Å². The quantitative estimate of drug-likeness (QED) is 0.733. The third-order valence-corrected chi connectivity index (χ3v) is 2.77. The van der Waals surface area contributed by atoms with E-state index >= 15 is 0 Å². The van der Waals surface area contributed by atoms with Crippen molar-refractivity contribution in [2.45, 2.75) is 6.54 Å². The van der Waals surface area contributed by atoms with E-state index in [2.05, 4.69) is 30.9 Å². The SMILES string of the molecule is COc1ccc2c(NCc3nn[nH]n3)nccc2c1. The molecule has 0 unspecified atom stereocenters. The number of methoxy groups -OCH3 is 1. The van der Waals surface area contributed by atoms with Crippen LogP contribution in [0.2, 0.25) is 0 Å². The Morgan fingerprint density at radius 1 is 1.32 bits per heavy atom. The predicted molar refractivity (Wildman–Crippen MR) is 69.8 cm³/mol. The zero-order valence-corrected chi connectivity index (χ0v) is 10.3. The smallest absolute Gasteiger partial charge is 0.193 e. The first-order valence-electron chi connectivity index (χ1n) is 5.76. The number of benzene rings is 1. The molecule has 2 aromatic heterocycles. The van der Waals surface area contributed by atoms with Crippen molar-refractivity contribution in [1.82, 2.24) is 25.6 Å². The number of aromatic amines is 1. The second-order valence-corrected chi connectivity index (χ2v) is 3.93. The number of hydrogen-bond donors (Lipinski definition) is 2. The normalized spacial score (nSPS) is 10.6. The number of H-pyrrole nitrogens is 1. The molecule has 0 aliphatic rings. The summed E-state index contributed by atoms with van der Waals surface area (Å²) >= 11 is 0. The second-order valence-electron chi connectivity index (χ2n) is 3.93. The zero-order valence-electron chi connectivity index (χ0n) is 10.3. The maximum absolute atomic E-state index is 5.21. The van der Waals surface area contributed by atoms with Crippen molar-refractivity contribution < 1.29 is 4.74 Å². The maximum atomic E-state index is 5.21. The topological polar surface area (TPSA) is 88.6 Å². The fourth-order valence-corrected chi connectivity index (χ4v) is 1.84. The van der Waals surface area contributed by atoms with Crippen molar-refractivity contribution in [3.63, 3.8) is 0 Å². The molecule has 3 rings (SSSR count). The van der Waals surface area contributed by atoms with E-state index in [4.69, 9.17) is 4.74 Å². The molecule has 2 N–H and O–H groups in total. The summed E-state index contributed by atoms with van der Waals surface area (Å²) in [6.45, 7) is 0.467. The monoisotopic (exact) mass is 256 g/mol. The van der Waals surface area contributed by atoms with Crippen LogP contribution < -0.4 is 10.1 Å². The minimum atomic E-state index is 0.467. The Labute approximate surface area is 109 Å². The molecule has 19 heavy (non-hydrogen) atoms. The van der Waals surface area contributed by atoms with Gasteiger partial charge in [-0.15, -0.1) is 10.2 Å². The van der Waals surface area contributed by atoms with Crippen LogP contribution in [0.4, 0.5) is 5.82 Å². The van der Waals surface area contributed by atoms with Crippen molar-refractivity contribution in [3.05, 3.63) is 36.3 Å². The average Bonchev–Trinajstić information content (AvgIpc) is 2.97. The molecule has 0 aliphatic carbocycles. The first-order chi connectivity index (χ1) is 9.36. The first kappa shape index (κ1) is 11.4. The molecule has 0 saturated heterocycles. The van der Waals surface area contributed by atoms with E-state index < -0.39 is 0 Å². The predicted octanol–water partition coefficient (Wildman–Crippen LogP) is 1.37. The van der Waals surface area contributed by atoms with Crippen molar-refractivity contribution >= 4 is 16.6 Å². The molecule has 7 nitrogen and oxygen atoms in total. The van der Waals surface area contributed by atoms with Crippen LogP contribution in [0.1, 0.15) is 5.82 Å². The third kappa shape index (κ3) is 2.30. The Morgan fingerprint density at radius 2 is 2.26 bits per heavy atom. The Morgan fingerprint density at radius 3 is 3.05 bits per heavy atom. The summed E-state index contributed by atoms with van der Waals surface area (Å²) in [5.41, 5.74) is 0. The minimum absolute atomic E-state index is 0.467. The molecule has 0 saturated carbocycles. The highest BCUT2D eigenvalue weighted by atomic mass is 16.5. The number of rotatable bonds is 4. The summed E-state index contributed by atoms with van der Waals surface area (Å²) in [7, 11) is 1.65. The van der Waals surface area contributed by atoms with Crippen LogP contribution in [0, 0.1) is 0 Å². The molecule has 2 heterocycles. The van der Waals surface area contributed by atoms with E-state index in [1.54, 1.807) is 13.3 Å². The van der Waals surface area contributed by atoms with Gasteiger partial charge in [-0.3, -0.25) is 0 Å². The average molecular weight is 256 g/mol. The highest BCUT2D eigenvalue weighted by Gasteiger charge is 2.05. The van der Waals surface area contributed by atoms with Gasteiger partial charge in [-0.05, 0) is 29.7 Å². The van der Waals surface area contributed by atoms with Gasteiger partial charge in [0.05, 0.1) is 13.7 Å². The molecule has 0 atom stereocenters. The summed E-state index contributed by atoms with van der Waals surface area (Å²) in [5.74, 6) is 2.19. The Balaban J connectivity index is 1.90. The molecule has 0 radical (unpaired) electrons. The van der Waals surface area contributed by atoms with Gasteiger partial charge in [0.25, 0.3) is 0 Å². The Bertz CT molecular complexity index is 682. The van der Waals surface area contributed by atoms with Crippen molar-refractivity contribution in [2.75, 3.05) is 12.4 Å². The molecular weight excluding hydrogens is 244 g/mol. The van der Waals surface area contributed by atoms with Crippen LogP contribution in [-0.4, -0.2) is 32.7 Å². The summed E-state index contributed by atoms with van der Waals surface area (Å²) in [4.78, 5) is 4.32. The lowest BCUT2D eigenvalue weighted by Gasteiger charge is -2.08. The van der Waals surface area contributed by atoms with Crippen LogP contribution in [-0.2, 0) is 6.54 Å². The van der Waals surface area contributed by atoms with Gasteiger partial charge in [0.15, 0.2) is 5.82 Å². The lowest BCUT2D eigenvalue weighted by Crippen LogP contribution is -2.03. The number of tetrazole rings is 1.